The van der Waals surface area contributed by atoms with E-state index in [1.807, 2.05) is 0 Å². The van der Waals surface area contributed by atoms with Gasteiger partial charge in [0.05, 0.1) is 23.1 Å². The first-order valence-corrected chi connectivity index (χ1v) is 6.49. The van der Waals surface area contributed by atoms with Gasteiger partial charge in [-0.3, -0.25) is 0 Å². The minimum absolute atomic E-state index is 0.00280. The molecule has 0 bridgehead atoms. The monoisotopic (exact) mass is 337 g/mol. The molecule has 1 aromatic carbocycles. The van der Waals surface area contributed by atoms with E-state index < -0.39 is 34.5 Å². The number of hydrogen-bond donors (Lipinski definition) is 0. The SMILES string of the molecule is FC(F)(F)c1cc(C(F)(F)F)c2c(OCC3CO3)cccc2n1. The zero-order valence-electron chi connectivity index (χ0n) is 11.3. The Kier molecular flexibility index (Phi) is 3.62. The molecule has 1 atom stereocenters. The summed E-state index contributed by atoms with van der Waals surface area (Å²) in [6.07, 6.45) is -10.2. The summed E-state index contributed by atoms with van der Waals surface area (Å²) in [7, 11) is 0. The number of rotatable bonds is 3. The molecule has 2 aromatic rings. The Morgan fingerprint density at radius 3 is 2.39 bits per heavy atom. The largest absolute Gasteiger partial charge is 0.490 e. The zero-order chi connectivity index (χ0) is 16.8. The van der Waals surface area contributed by atoms with E-state index in [-0.39, 0.29) is 24.5 Å². The second-order valence-electron chi connectivity index (χ2n) is 4.97. The van der Waals surface area contributed by atoms with Gasteiger partial charge in [-0.15, -0.1) is 0 Å². The van der Waals surface area contributed by atoms with Crippen LogP contribution in [-0.2, 0) is 17.1 Å². The second kappa shape index (κ2) is 5.26. The van der Waals surface area contributed by atoms with Gasteiger partial charge < -0.3 is 9.47 Å². The molecule has 1 aromatic heterocycles. The maximum absolute atomic E-state index is 13.2. The predicted octanol–water partition coefficient (Wildman–Crippen LogP) is 4.05. The van der Waals surface area contributed by atoms with Crippen molar-refractivity contribution in [3.63, 3.8) is 0 Å². The topological polar surface area (TPSA) is 34.6 Å². The normalized spacial score (nSPS) is 18.3. The quantitative estimate of drug-likeness (QED) is 0.626. The van der Waals surface area contributed by atoms with Crippen LogP contribution in [0.5, 0.6) is 5.75 Å². The van der Waals surface area contributed by atoms with Crippen LogP contribution < -0.4 is 4.74 Å². The van der Waals surface area contributed by atoms with Crippen molar-refractivity contribution in [2.24, 2.45) is 0 Å². The third kappa shape index (κ3) is 3.34. The van der Waals surface area contributed by atoms with Gasteiger partial charge in [0.15, 0.2) is 0 Å². The molecule has 0 saturated carbocycles. The van der Waals surface area contributed by atoms with E-state index in [0.717, 1.165) is 6.07 Å². The molecular formula is C14H9F6NO2. The highest BCUT2D eigenvalue weighted by Crippen LogP contribution is 2.41. The van der Waals surface area contributed by atoms with Gasteiger partial charge in [0.1, 0.15) is 24.2 Å². The maximum atomic E-state index is 13.2. The van der Waals surface area contributed by atoms with Crippen LogP contribution in [-0.4, -0.2) is 24.3 Å². The lowest BCUT2D eigenvalue weighted by atomic mass is 10.1. The van der Waals surface area contributed by atoms with Crippen molar-refractivity contribution in [1.82, 2.24) is 4.98 Å². The van der Waals surface area contributed by atoms with Crippen LogP contribution in [0.3, 0.4) is 0 Å². The summed E-state index contributed by atoms with van der Waals surface area (Å²) < 4.78 is 88.1. The van der Waals surface area contributed by atoms with Crippen molar-refractivity contribution in [2.45, 2.75) is 18.5 Å². The number of alkyl halides is 6. The van der Waals surface area contributed by atoms with E-state index in [9.17, 15) is 26.3 Å². The van der Waals surface area contributed by atoms with Crippen LogP contribution in [0.2, 0.25) is 0 Å². The molecule has 1 aliphatic heterocycles. The zero-order valence-corrected chi connectivity index (χ0v) is 11.3. The number of nitrogens with zero attached hydrogens (tertiary/aromatic N) is 1. The number of pyridine rings is 1. The average molecular weight is 337 g/mol. The van der Waals surface area contributed by atoms with Crippen LogP contribution in [0, 0.1) is 0 Å². The van der Waals surface area contributed by atoms with Gasteiger partial charge in [-0.05, 0) is 18.2 Å². The molecule has 0 amide bonds. The molecular weight excluding hydrogens is 328 g/mol. The number of benzene rings is 1. The van der Waals surface area contributed by atoms with Crippen LogP contribution in [0.15, 0.2) is 24.3 Å². The van der Waals surface area contributed by atoms with Crippen molar-refractivity contribution < 1.29 is 35.8 Å². The van der Waals surface area contributed by atoms with Crippen LogP contribution >= 0.6 is 0 Å². The van der Waals surface area contributed by atoms with Gasteiger partial charge >= 0.3 is 12.4 Å². The van der Waals surface area contributed by atoms with Gasteiger partial charge in [-0.2, -0.15) is 26.3 Å². The number of aromatic nitrogens is 1. The Labute approximate surface area is 125 Å². The fourth-order valence-electron chi connectivity index (χ4n) is 2.09. The van der Waals surface area contributed by atoms with Crippen LogP contribution in [0.25, 0.3) is 10.9 Å². The van der Waals surface area contributed by atoms with Gasteiger partial charge in [0, 0.05) is 0 Å². The Morgan fingerprint density at radius 1 is 1.13 bits per heavy atom. The molecule has 124 valence electrons. The summed E-state index contributed by atoms with van der Waals surface area (Å²) >= 11 is 0. The van der Waals surface area contributed by atoms with Crippen molar-refractivity contribution in [3.05, 3.63) is 35.5 Å². The Hall–Kier alpha value is -2.03. The first-order valence-electron chi connectivity index (χ1n) is 6.49. The highest BCUT2D eigenvalue weighted by molar-refractivity contribution is 5.89. The number of fused-ring (bicyclic) bond motifs is 1. The van der Waals surface area contributed by atoms with Gasteiger partial charge in [-0.1, -0.05) is 6.07 Å². The predicted molar refractivity (Wildman–Crippen MR) is 67.0 cm³/mol. The molecule has 2 heterocycles. The van der Waals surface area contributed by atoms with Gasteiger partial charge in [0.25, 0.3) is 0 Å². The highest BCUT2D eigenvalue weighted by atomic mass is 19.4. The van der Waals surface area contributed by atoms with Crippen LogP contribution in [0.1, 0.15) is 11.3 Å². The lowest BCUT2D eigenvalue weighted by molar-refractivity contribution is -0.144. The molecule has 0 N–H and O–H groups in total. The molecule has 0 radical (unpaired) electrons. The molecule has 0 aliphatic carbocycles. The number of hydrogen-bond acceptors (Lipinski definition) is 3. The standard InChI is InChI=1S/C14H9F6NO2/c15-13(16,17)8-4-11(14(18,19)20)21-9-2-1-3-10(12(8)9)23-6-7-5-22-7/h1-4,7H,5-6H2. The number of halogens is 6. The van der Waals surface area contributed by atoms with Crippen molar-refractivity contribution in [3.8, 4) is 5.75 Å². The van der Waals surface area contributed by atoms with Crippen LogP contribution in [0.4, 0.5) is 26.3 Å². The first-order chi connectivity index (χ1) is 10.7. The van der Waals surface area contributed by atoms with E-state index in [0.29, 0.717) is 6.61 Å². The van der Waals surface area contributed by atoms with Gasteiger partial charge in [0.2, 0.25) is 0 Å². The Bertz CT molecular complexity index is 736. The minimum Gasteiger partial charge on any atom is -0.490 e. The lowest BCUT2D eigenvalue weighted by Gasteiger charge is -2.16. The Balaban J connectivity index is 2.18. The minimum atomic E-state index is -4.98. The molecule has 23 heavy (non-hydrogen) atoms. The van der Waals surface area contributed by atoms with E-state index in [1.54, 1.807) is 0 Å². The summed E-state index contributed by atoms with van der Waals surface area (Å²) in [6, 6.07) is 3.64. The Morgan fingerprint density at radius 2 is 1.83 bits per heavy atom. The molecule has 1 fully saturated rings. The number of epoxide rings is 1. The average Bonchev–Trinajstić information content (AvgIpc) is 3.25. The molecule has 0 spiro atoms. The summed E-state index contributed by atoms with van der Waals surface area (Å²) in [6.45, 7) is 0.463. The summed E-state index contributed by atoms with van der Waals surface area (Å²) in [5.41, 5.74) is -3.46. The third-order valence-corrected chi connectivity index (χ3v) is 3.22. The van der Waals surface area contributed by atoms with Crippen molar-refractivity contribution in [2.75, 3.05) is 13.2 Å². The molecule has 9 heteroatoms. The maximum Gasteiger partial charge on any atom is 0.433 e. The van der Waals surface area contributed by atoms with E-state index in [4.69, 9.17) is 9.47 Å². The lowest BCUT2D eigenvalue weighted by Crippen LogP contribution is -2.14. The highest BCUT2D eigenvalue weighted by Gasteiger charge is 2.40. The molecule has 3 nitrogen and oxygen atoms in total. The van der Waals surface area contributed by atoms with E-state index >= 15 is 0 Å². The number of ether oxygens (including phenoxy) is 2. The smallest absolute Gasteiger partial charge is 0.433 e. The molecule has 1 unspecified atom stereocenters. The van der Waals surface area contributed by atoms with E-state index in [1.165, 1.54) is 12.1 Å². The summed E-state index contributed by atoms with van der Waals surface area (Å²) in [4.78, 5) is 3.29. The van der Waals surface area contributed by atoms with E-state index in [2.05, 4.69) is 4.98 Å². The fraction of sp³-hybridized carbons (Fsp3) is 0.357. The fourth-order valence-corrected chi connectivity index (χ4v) is 2.09. The second-order valence-corrected chi connectivity index (χ2v) is 4.97. The molecule has 1 saturated heterocycles. The first kappa shape index (κ1) is 15.9. The van der Waals surface area contributed by atoms with Gasteiger partial charge in [-0.25, -0.2) is 4.98 Å². The summed E-state index contributed by atoms with van der Waals surface area (Å²) in [5, 5.41) is -0.492. The third-order valence-electron chi connectivity index (χ3n) is 3.22. The van der Waals surface area contributed by atoms with Crippen molar-refractivity contribution in [1.29, 1.82) is 0 Å². The van der Waals surface area contributed by atoms with Crippen molar-refractivity contribution >= 4 is 10.9 Å². The molecule has 3 rings (SSSR count). The summed E-state index contributed by atoms with van der Waals surface area (Å²) in [5.74, 6) is -0.174. The molecule has 1 aliphatic rings.